The van der Waals surface area contributed by atoms with Gasteiger partial charge < -0.3 is 5.73 Å². The number of nitrogens with zero attached hydrogens (tertiary/aromatic N) is 1. The van der Waals surface area contributed by atoms with Crippen LogP contribution in [0.5, 0.6) is 0 Å². The number of thioether (sulfide) groups is 1. The minimum atomic E-state index is -0.319. The van der Waals surface area contributed by atoms with Crippen molar-refractivity contribution in [3.05, 3.63) is 34.6 Å². The maximum atomic E-state index is 13.7. The molecule has 0 saturated carbocycles. The molecule has 0 fully saturated rings. The van der Waals surface area contributed by atoms with E-state index in [0.717, 1.165) is 18.8 Å². The summed E-state index contributed by atoms with van der Waals surface area (Å²) in [6.45, 7) is 2.82. The van der Waals surface area contributed by atoms with Gasteiger partial charge in [0.1, 0.15) is 5.82 Å². The summed E-state index contributed by atoms with van der Waals surface area (Å²) in [6.07, 6.45) is 2.06. The first kappa shape index (κ1) is 18.0. The van der Waals surface area contributed by atoms with Crippen molar-refractivity contribution >= 4 is 35.8 Å². The molecule has 0 amide bonds. The number of hydrogen-bond donors (Lipinski definition) is 1. The molecule has 0 heterocycles. The van der Waals surface area contributed by atoms with Crippen molar-refractivity contribution in [2.75, 3.05) is 31.6 Å². The fraction of sp³-hybridized carbons (Fsp3) is 0.500. The lowest BCUT2D eigenvalue weighted by atomic mass is 10.2. The third-order valence-corrected chi connectivity index (χ3v) is 3.37. The third kappa shape index (κ3) is 5.76. The second-order valence-corrected chi connectivity index (χ2v) is 5.16. The lowest BCUT2D eigenvalue weighted by Gasteiger charge is -2.21. The minimum Gasteiger partial charge on any atom is -0.329 e. The van der Waals surface area contributed by atoms with Crippen LogP contribution in [-0.2, 0) is 6.54 Å². The maximum Gasteiger partial charge on any atom is 0.146 e. The normalized spacial score (nSPS) is 10.5. The molecule has 0 aliphatic rings. The van der Waals surface area contributed by atoms with Crippen molar-refractivity contribution in [1.82, 2.24) is 4.90 Å². The van der Waals surface area contributed by atoms with E-state index in [-0.39, 0.29) is 23.2 Å². The summed E-state index contributed by atoms with van der Waals surface area (Å²) < 4.78 is 13.7. The van der Waals surface area contributed by atoms with Gasteiger partial charge in [-0.05, 0) is 12.3 Å². The first-order valence-electron chi connectivity index (χ1n) is 5.53. The zero-order chi connectivity index (χ0) is 12.7. The Bertz CT molecular complexity index is 353. The van der Waals surface area contributed by atoms with E-state index in [0.29, 0.717) is 18.7 Å². The molecule has 0 unspecified atom stereocenters. The van der Waals surface area contributed by atoms with Gasteiger partial charge in [-0.15, -0.1) is 12.4 Å². The SMILES string of the molecule is CSCCN(CCN)Cc1cccc(Cl)c1F.Cl. The first-order valence-corrected chi connectivity index (χ1v) is 7.30. The molecule has 0 aliphatic carbocycles. The predicted octanol–water partition coefficient (Wildman–Crippen LogP) is 3.02. The molecule has 2 N–H and O–H groups in total. The molecule has 1 aromatic rings. The molecular formula is C12H19Cl2FN2S. The number of rotatable bonds is 7. The summed E-state index contributed by atoms with van der Waals surface area (Å²) in [6, 6.07) is 5.11. The van der Waals surface area contributed by atoms with Gasteiger partial charge in [-0.25, -0.2) is 4.39 Å². The van der Waals surface area contributed by atoms with Gasteiger partial charge in [-0.2, -0.15) is 11.8 Å². The second-order valence-electron chi connectivity index (χ2n) is 3.77. The van der Waals surface area contributed by atoms with Crippen LogP contribution in [0.3, 0.4) is 0 Å². The van der Waals surface area contributed by atoms with Gasteiger partial charge in [-0.3, -0.25) is 4.90 Å². The van der Waals surface area contributed by atoms with Crippen LogP contribution in [0.4, 0.5) is 4.39 Å². The van der Waals surface area contributed by atoms with Crippen LogP contribution in [-0.4, -0.2) is 36.5 Å². The molecule has 1 rings (SSSR count). The monoisotopic (exact) mass is 312 g/mol. The third-order valence-electron chi connectivity index (χ3n) is 2.48. The fourth-order valence-electron chi connectivity index (χ4n) is 1.58. The molecule has 0 radical (unpaired) electrons. The molecule has 0 aromatic heterocycles. The molecule has 1 aromatic carbocycles. The van der Waals surface area contributed by atoms with E-state index in [4.69, 9.17) is 17.3 Å². The Hall–Kier alpha value is -0.0000000000000000555. The summed E-state index contributed by atoms with van der Waals surface area (Å²) in [7, 11) is 0. The largest absolute Gasteiger partial charge is 0.329 e. The van der Waals surface area contributed by atoms with Gasteiger partial charge in [0, 0.05) is 37.5 Å². The lowest BCUT2D eigenvalue weighted by molar-refractivity contribution is 0.286. The van der Waals surface area contributed by atoms with Gasteiger partial charge in [0.25, 0.3) is 0 Å². The summed E-state index contributed by atoms with van der Waals surface area (Å²) in [5, 5.41) is 0.181. The average Bonchev–Trinajstić information content (AvgIpc) is 2.32. The van der Waals surface area contributed by atoms with Crippen molar-refractivity contribution in [2.45, 2.75) is 6.54 Å². The summed E-state index contributed by atoms with van der Waals surface area (Å²) >= 11 is 7.53. The average molecular weight is 313 g/mol. The topological polar surface area (TPSA) is 29.3 Å². The van der Waals surface area contributed by atoms with Gasteiger partial charge in [0.2, 0.25) is 0 Å². The predicted molar refractivity (Wildman–Crippen MR) is 81.4 cm³/mol. The van der Waals surface area contributed by atoms with Crippen molar-refractivity contribution in [1.29, 1.82) is 0 Å². The number of nitrogens with two attached hydrogens (primary N) is 1. The molecule has 104 valence electrons. The molecule has 0 bridgehead atoms. The second kappa shape index (κ2) is 9.87. The van der Waals surface area contributed by atoms with E-state index in [2.05, 4.69) is 11.2 Å². The maximum absolute atomic E-state index is 13.7. The standard InChI is InChI=1S/C12H18ClFN2S.ClH/c1-17-8-7-16(6-5-15)9-10-3-2-4-11(13)12(10)14;/h2-4H,5-9,15H2,1H3;1H. The number of benzene rings is 1. The van der Waals surface area contributed by atoms with E-state index in [9.17, 15) is 4.39 Å². The van der Waals surface area contributed by atoms with E-state index >= 15 is 0 Å². The Morgan fingerprint density at radius 3 is 2.72 bits per heavy atom. The Balaban J connectivity index is 0.00000289. The van der Waals surface area contributed by atoms with Crippen LogP contribution < -0.4 is 5.73 Å². The fourth-order valence-corrected chi connectivity index (χ4v) is 2.22. The summed E-state index contributed by atoms with van der Waals surface area (Å²) in [5.74, 6) is 0.697. The Kier molecular flexibility index (Phi) is 9.87. The molecule has 2 nitrogen and oxygen atoms in total. The van der Waals surface area contributed by atoms with Crippen molar-refractivity contribution < 1.29 is 4.39 Å². The summed E-state index contributed by atoms with van der Waals surface area (Å²) in [4.78, 5) is 2.14. The Labute approximate surface area is 123 Å². The van der Waals surface area contributed by atoms with Crippen LogP contribution in [0, 0.1) is 5.82 Å². The zero-order valence-electron chi connectivity index (χ0n) is 10.4. The molecule has 0 aliphatic heterocycles. The molecular weight excluding hydrogens is 294 g/mol. The van der Waals surface area contributed by atoms with Crippen molar-refractivity contribution in [2.24, 2.45) is 5.73 Å². The van der Waals surface area contributed by atoms with Gasteiger partial charge >= 0.3 is 0 Å². The minimum absolute atomic E-state index is 0. The van der Waals surface area contributed by atoms with Crippen LogP contribution in [0.15, 0.2) is 18.2 Å². The van der Waals surface area contributed by atoms with Crippen molar-refractivity contribution in [3.63, 3.8) is 0 Å². The summed E-state index contributed by atoms with van der Waals surface area (Å²) in [5.41, 5.74) is 6.19. The Morgan fingerprint density at radius 1 is 1.39 bits per heavy atom. The lowest BCUT2D eigenvalue weighted by Crippen LogP contribution is -2.31. The van der Waals surface area contributed by atoms with Crippen LogP contribution >= 0.6 is 35.8 Å². The number of hydrogen-bond acceptors (Lipinski definition) is 3. The van der Waals surface area contributed by atoms with Crippen LogP contribution in [0.2, 0.25) is 5.02 Å². The van der Waals surface area contributed by atoms with Gasteiger partial charge in [0.15, 0.2) is 0 Å². The van der Waals surface area contributed by atoms with E-state index < -0.39 is 0 Å². The van der Waals surface area contributed by atoms with Gasteiger partial charge in [0.05, 0.1) is 5.02 Å². The van der Waals surface area contributed by atoms with E-state index in [1.165, 1.54) is 0 Å². The van der Waals surface area contributed by atoms with Gasteiger partial charge in [-0.1, -0.05) is 23.7 Å². The number of halogens is 3. The molecule has 6 heteroatoms. The van der Waals surface area contributed by atoms with Crippen LogP contribution in [0.1, 0.15) is 5.56 Å². The zero-order valence-corrected chi connectivity index (χ0v) is 12.8. The molecule has 18 heavy (non-hydrogen) atoms. The van der Waals surface area contributed by atoms with E-state index in [1.54, 1.807) is 30.0 Å². The highest BCUT2D eigenvalue weighted by Crippen LogP contribution is 2.19. The Morgan fingerprint density at radius 2 is 2.11 bits per heavy atom. The molecule has 0 spiro atoms. The highest BCUT2D eigenvalue weighted by atomic mass is 35.5. The quantitative estimate of drug-likeness (QED) is 0.839. The van der Waals surface area contributed by atoms with Crippen LogP contribution in [0.25, 0.3) is 0 Å². The molecule has 0 saturated heterocycles. The van der Waals surface area contributed by atoms with E-state index in [1.807, 2.05) is 0 Å². The van der Waals surface area contributed by atoms with Crippen molar-refractivity contribution in [3.8, 4) is 0 Å². The highest BCUT2D eigenvalue weighted by Gasteiger charge is 2.10. The smallest absolute Gasteiger partial charge is 0.146 e. The first-order chi connectivity index (χ1) is 8.19. The molecule has 0 atom stereocenters. The highest BCUT2D eigenvalue weighted by molar-refractivity contribution is 7.98.